The van der Waals surface area contributed by atoms with Crippen molar-refractivity contribution in [3.8, 4) is 11.3 Å². The van der Waals surface area contributed by atoms with E-state index in [-0.39, 0.29) is 10.7 Å². The van der Waals surface area contributed by atoms with Gasteiger partial charge in [0.25, 0.3) is 11.8 Å². The lowest BCUT2D eigenvalue weighted by Crippen LogP contribution is -2.54. The number of amides is 2. The van der Waals surface area contributed by atoms with Crippen molar-refractivity contribution >= 4 is 84.9 Å². The molecule has 1 aliphatic heterocycles. The van der Waals surface area contributed by atoms with E-state index >= 15 is 0 Å². The summed E-state index contributed by atoms with van der Waals surface area (Å²) in [6.45, 7) is 0. The van der Waals surface area contributed by atoms with Gasteiger partial charge >= 0.3 is 0 Å². The highest BCUT2D eigenvalue weighted by molar-refractivity contribution is 9.10. The lowest BCUT2D eigenvalue weighted by atomic mass is 10.1. The molecule has 0 aliphatic carbocycles. The van der Waals surface area contributed by atoms with Crippen molar-refractivity contribution in [2.24, 2.45) is 0 Å². The fourth-order valence-electron chi connectivity index (χ4n) is 3.04. The van der Waals surface area contributed by atoms with Gasteiger partial charge in [-0.05, 0) is 54.7 Å². The zero-order valence-corrected chi connectivity index (χ0v) is 20.9. The topological polar surface area (TPSA) is 65.5 Å². The first kappa shape index (κ1) is 22.6. The largest absolute Gasteiger partial charge is 0.354 e. The molecule has 6 nitrogen and oxygen atoms in total. The van der Waals surface area contributed by atoms with E-state index in [1.54, 1.807) is 30.3 Å². The summed E-state index contributed by atoms with van der Waals surface area (Å²) in [6, 6.07) is 14.4. The molecule has 10 heteroatoms. The average Bonchev–Trinajstić information content (AvgIpc) is 3.17. The van der Waals surface area contributed by atoms with Crippen molar-refractivity contribution in [3.05, 3.63) is 68.5 Å². The number of nitrogens with one attached hydrogen (secondary N) is 1. The number of thiazole rings is 1. The first-order valence-corrected chi connectivity index (χ1v) is 11.8. The summed E-state index contributed by atoms with van der Waals surface area (Å²) < 4.78 is 0.943. The maximum absolute atomic E-state index is 13.3. The smallest absolute Gasteiger partial charge is 0.270 e. The molecule has 0 atom stereocenters. The molecule has 1 saturated heterocycles. The summed E-state index contributed by atoms with van der Waals surface area (Å²) >= 11 is 16.1. The molecule has 2 aromatic carbocycles. The molecule has 4 rings (SSSR count). The van der Waals surface area contributed by atoms with Crippen LogP contribution >= 0.6 is 51.1 Å². The lowest BCUT2D eigenvalue weighted by Gasteiger charge is -2.28. The minimum Gasteiger partial charge on any atom is -0.354 e. The number of carbonyl (C=O) groups is 2. The molecule has 3 aromatic rings. The summed E-state index contributed by atoms with van der Waals surface area (Å²) in [6.07, 6.45) is 1.57. The van der Waals surface area contributed by atoms with Gasteiger partial charge in [0.05, 0.1) is 16.3 Å². The van der Waals surface area contributed by atoms with Gasteiger partial charge in [0.15, 0.2) is 10.2 Å². The zero-order valence-electron chi connectivity index (χ0n) is 16.9. The highest BCUT2D eigenvalue weighted by Crippen LogP contribution is 2.35. The molecule has 1 aromatic heterocycles. The highest BCUT2D eigenvalue weighted by atomic mass is 79.9. The summed E-state index contributed by atoms with van der Waals surface area (Å²) in [4.78, 5) is 34.6. The molecule has 0 saturated carbocycles. The fraction of sp³-hybridized carbons (Fsp3) is 0.0909. The average molecular weight is 548 g/mol. The Kier molecular flexibility index (Phi) is 6.43. The van der Waals surface area contributed by atoms with Crippen molar-refractivity contribution in [1.82, 2.24) is 10.3 Å². The number of halogens is 2. The second kappa shape index (κ2) is 9.11. The predicted octanol–water partition coefficient (Wildman–Crippen LogP) is 5.12. The van der Waals surface area contributed by atoms with E-state index in [4.69, 9.17) is 28.8 Å². The first-order valence-electron chi connectivity index (χ1n) is 9.35. The van der Waals surface area contributed by atoms with Gasteiger partial charge in [-0.25, -0.2) is 4.98 Å². The third kappa shape index (κ3) is 4.47. The molecule has 2 heterocycles. The maximum Gasteiger partial charge on any atom is 0.270 e. The van der Waals surface area contributed by atoms with Crippen LogP contribution in [-0.2, 0) is 9.59 Å². The van der Waals surface area contributed by atoms with E-state index in [0.29, 0.717) is 21.3 Å². The quantitative estimate of drug-likeness (QED) is 0.279. The van der Waals surface area contributed by atoms with Gasteiger partial charge in [-0.1, -0.05) is 51.0 Å². The monoisotopic (exact) mass is 546 g/mol. The van der Waals surface area contributed by atoms with E-state index in [9.17, 15) is 9.59 Å². The van der Waals surface area contributed by atoms with Crippen molar-refractivity contribution in [2.75, 3.05) is 23.9 Å². The molecule has 162 valence electrons. The molecule has 0 spiro atoms. The molecule has 32 heavy (non-hydrogen) atoms. The Hall–Kier alpha value is -2.59. The normalized spacial score (nSPS) is 15.3. The second-order valence-electron chi connectivity index (χ2n) is 7.04. The zero-order chi connectivity index (χ0) is 23.0. The van der Waals surface area contributed by atoms with Crippen LogP contribution in [0.5, 0.6) is 0 Å². The van der Waals surface area contributed by atoms with Crippen molar-refractivity contribution < 1.29 is 9.59 Å². The molecule has 1 aliphatic rings. The fourth-order valence-corrected chi connectivity index (χ4v) is 4.66. The minimum atomic E-state index is -0.549. The van der Waals surface area contributed by atoms with Crippen LogP contribution in [0.2, 0.25) is 5.02 Å². The number of hydrogen-bond acceptors (Lipinski definition) is 6. The summed E-state index contributed by atoms with van der Waals surface area (Å²) in [7, 11) is 3.78. The van der Waals surface area contributed by atoms with Crippen LogP contribution in [0.4, 0.5) is 10.8 Å². The van der Waals surface area contributed by atoms with Gasteiger partial charge in [0.1, 0.15) is 5.57 Å². The van der Waals surface area contributed by atoms with Crippen molar-refractivity contribution in [3.63, 3.8) is 0 Å². The number of aromatic nitrogens is 1. The van der Waals surface area contributed by atoms with Gasteiger partial charge in [-0.2, -0.15) is 0 Å². The van der Waals surface area contributed by atoms with Gasteiger partial charge in [-0.3, -0.25) is 19.8 Å². The third-order valence-electron chi connectivity index (χ3n) is 4.60. The molecular formula is C22H16BrClN4O2S2. The van der Waals surface area contributed by atoms with Crippen LogP contribution in [0.15, 0.2) is 58.6 Å². The summed E-state index contributed by atoms with van der Waals surface area (Å²) in [5.41, 5.74) is 2.05. The lowest BCUT2D eigenvalue weighted by molar-refractivity contribution is -0.122. The molecule has 1 fully saturated rings. The van der Waals surface area contributed by atoms with Crippen molar-refractivity contribution in [1.29, 1.82) is 0 Å². The van der Waals surface area contributed by atoms with E-state index in [2.05, 4.69) is 21.2 Å². The number of carbonyl (C=O) groups excluding carboxylic acids is 2. The Labute approximate surface area is 207 Å². The van der Waals surface area contributed by atoms with Gasteiger partial charge in [0, 0.05) is 29.2 Å². The Bertz CT molecular complexity index is 1250. The van der Waals surface area contributed by atoms with E-state index in [1.807, 2.05) is 43.3 Å². The molecular weight excluding hydrogens is 532 g/mol. The predicted molar refractivity (Wildman–Crippen MR) is 137 cm³/mol. The van der Waals surface area contributed by atoms with Crippen LogP contribution in [0, 0.1) is 0 Å². The van der Waals surface area contributed by atoms with Crippen LogP contribution in [0.1, 0.15) is 4.88 Å². The molecule has 0 unspecified atom stereocenters. The Morgan fingerprint density at radius 3 is 2.41 bits per heavy atom. The van der Waals surface area contributed by atoms with Crippen molar-refractivity contribution in [2.45, 2.75) is 0 Å². The number of hydrogen-bond donors (Lipinski definition) is 1. The Morgan fingerprint density at radius 1 is 1.12 bits per heavy atom. The Morgan fingerprint density at radius 2 is 1.78 bits per heavy atom. The minimum absolute atomic E-state index is 0.0193. The van der Waals surface area contributed by atoms with Crippen LogP contribution in [0.3, 0.4) is 0 Å². The number of thiocarbonyl (C=S) groups is 1. The number of benzene rings is 2. The standard InChI is InChI=1S/C22H16BrClN4O2S2/c1-27(2)22-25-18(12-3-5-13(23)6-4-12)17(32-22)11-16-19(29)26-21(31)28(20(16)30)15-9-7-14(24)8-10-15/h3-11H,1-2H3,(H,26,29,31)/b16-11+. The SMILES string of the molecule is CN(C)c1nc(-c2ccc(Br)cc2)c(/C=C2\C(=O)NC(=S)N(c3ccc(Cl)cc3)C2=O)s1. The van der Waals surface area contributed by atoms with E-state index < -0.39 is 11.8 Å². The molecule has 0 radical (unpaired) electrons. The number of rotatable bonds is 4. The highest BCUT2D eigenvalue weighted by Gasteiger charge is 2.35. The number of anilines is 2. The summed E-state index contributed by atoms with van der Waals surface area (Å²) in [5.74, 6) is -1.06. The molecule has 0 bridgehead atoms. The summed E-state index contributed by atoms with van der Waals surface area (Å²) in [5, 5.41) is 3.91. The van der Waals surface area contributed by atoms with Crippen LogP contribution in [-0.4, -0.2) is 36.0 Å². The first-order chi connectivity index (χ1) is 15.2. The molecule has 2 amide bonds. The van der Waals surface area contributed by atoms with Gasteiger partial charge in [-0.15, -0.1) is 0 Å². The van der Waals surface area contributed by atoms with Crippen LogP contribution in [0.25, 0.3) is 17.3 Å². The number of nitrogens with zero attached hydrogens (tertiary/aromatic N) is 3. The Balaban J connectivity index is 1.80. The molecule has 1 N–H and O–H groups in total. The van der Waals surface area contributed by atoms with Gasteiger partial charge in [0.2, 0.25) is 0 Å². The van der Waals surface area contributed by atoms with E-state index in [0.717, 1.165) is 15.2 Å². The van der Waals surface area contributed by atoms with Crippen LogP contribution < -0.4 is 15.1 Å². The maximum atomic E-state index is 13.3. The van der Waals surface area contributed by atoms with Gasteiger partial charge < -0.3 is 4.90 Å². The third-order valence-corrected chi connectivity index (χ3v) is 6.84. The van der Waals surface area contributed by atoms with E-state index in [1.165, 1.54) is 16.2 Å². The second-order valence-corrected chi connectivity index (χ2v) is 9.79.